The highest BCUT2D eigenvalue weighted by Crippen LogP contribution is 2.37. The van der Waals surface area contributed by atoms with Gasteiger partial charge in [0.05, 0.1) is 12.1 Å². The monoisotopic (exact) mass is 335 g/mol. The molecular weight excluding hydrogens is 298 g/mol. The van der Waals surface area contributed by atoms with Gasteiger partial charge in [0.15, 0.2) is 8.32 Å². The Morgan fingerprint density at radius 2 is 1.48 bits per heavy atom. The van der Waals surface area contributed by atoms with Gasteiger partial charge in [-0.3, -0.25) is 0 Å². The van der Waals surface area contributed by atoms with Gasteiger partial charge in [-0.15, -0.1) is 4.72 Å². The molecule has 0 aromatic carbocycles. The zero-order valence-corrected chi connectivity index (χ0v) is 17.8. The highest BCUT2D eigenvalue weighted by atomic mass is 32.2. The Labute approximate surface area is 137 Å². The van der Waals surface area contributed by atoms with Crippen molar-refractivity contribution in [3.05, 3.63) is 0 Å². The molecule has 0 aromatic heterocycles. The van der Waals surface area contributed by atoms with Crippen LogP contribution in [0.15, 0.2) is 0 Å². The number of hydrogen-bond donors (Lipinski definition) is 1. The van der Waals surface area contributed by atoms with Crippen LogP contribution in [-0.4, -0.2) is 29.8 Å². The van der Waals surface area contributed by atoms with Crippen LogP contribution in [0.25, 0.3) is 0 Å². The molecule has 0 bridgehead atoms. The lowest BCUT2D eigenvalue weighted by Gasteiger charge is -2.42. The van der Waals surface area contributed by atoms with Crippen molar-refractivity contribution < 1.29 is 8.98 Å². The second-order valence-electron chi connectivity index (χ2n) is 9.10. The smallest absolute Gasteiger partial charge is 0.192 e. The summed E-state index contributed by atoms with van der Waals surface area (Å²) >= 11 is -1.09. The van der Waals surface area contributed by atoms with Gasteiger partial charge in [-0.25, -0.2) is 0 Å². The minimum atomic E-state index is -1.80. The topological polar surface area (TPSA) is 44.3 Å². The molecule has 0 heterocycles. The molecule has 0 aliphatic heterocycles. The summed E-state index contributed by atoms with van der Waals surface area (Å²) in [4.78, 5) is 0. The van der Waals surface area contributed by atoms with Crippen molar-refractivity contribution in [2.75, 3.05) is 6.61 Å². The molecule has 0 rings (SSSR count). The molecule has 0 aromatic rings. The van der Waals surface area contributed by atoms with E-state index in [1.165, 1.54) is 0 Å². The van der Waals surface area contributed by atoms with E-state index in [0.29, 0.717) is 12.5 Å². The summed E-state index contributed by atoms with van der Waals surface area (Å²) in [5.41, 5.74) is -0.284. The Kier molecular flexibility index (Phi) is 7.06. The van der Waals surface area contributed by atoms with Crippen molar-refractivity contribution in [1.82, 2.24) is 4.72 Å². The maximum Gasteiger partial charge on any atom is 0.192 e. The van der Waals surface area contributed by atoms with Gasteiger partial charge in [0.25, 0.3) is 0 Å². The molecule has 21 heavy (non-hydrogen) atoms. The van der Waals surface area contributed by atoms with Gasteiger partial charge in [-0.05, 0) is 51.7 Å². The predicted molar refractivity (Wildman–Crippen MR) is 97.4 cm³/mol. The summed E-state index contributed by atoms with van der Waals surface area (Å²) in [6.45, 7) is 24.2. The number of nitrogens with one attached hydrogen (secondary N) is 1. The third kappa shape index (κ3) is 6.22. The molecule has 1 N–H and O–H groups in total. The Balaban J connectivity index is 5.00. The second-order valence-corrected chi connectivity index (χ2v) is 15.9. The third-order valence-corrected chi connectivity index (χ3v) is 10.9. The third-order valence-electron chi connectivity index (χ3n) is 4.70. The van der Waals surface area contributed by atoms with Crippen molar-refractivity contribution in [2.45, 2.75) is 90.7 Å². The molecule has 0 aliphatic rings. The van der Waals surface area contributed by atoms with Gasteiger partial charge in [-0.1, -0.05) is 34.6 Å². The minimum Gasteiger partial charge on any atom is -0.598 e. The standard InChI is InChI=1S/C16H37NO2SSi/c1-13(2)16(9,17-20(18)14(3,4)5)12-19-21(10,11)15(6,7)8/h13,17H,12H2,1-11H3/t16-,20?/m0/s1. The lowest BCUT2D eigenvalue weighted by Crippen LogP contribution is -2.58. The normalized spacial score (nSPS) is 18.7. The maximum atomic E-state index is 12.5. The van der Waals surface area contributed by atoms with E-state index in [2.05, 4.69) is 59.4 Å². The van der Waals surface area contributed by atoms with Crippen LogP contribution in [0.4, 0.5) is 0 Å². The van der Waals surface area contributed by atoms with E-state index in [4.69, 9.17) is 4.43 Å². The average molecular weight is 336 g/mol. The molecule has 0 saturated carbocycles. The van der Waals surface area contributed by atoms with Crippen molar-refractivity contribution in [2.24, 2.45) is 5.92 Å². The van der Waals surface area contributed by atoms with Crippen molar-refractivity contribution >= 4 is 19.7 Å². The van der Waals surface area contributed by atoms with E-state index in [1.54, 1.807) is 0 Å². The highest BCUT2D eigenvalue weighted by molar-refractivity contribution is 7.90. The molecule has 0 radical (unpaired) electrons. The van der Waals surface area contributed by atoms with Crippen LogP contribution in [0.1, 0.15) is 62.3 Å². The van der Waals surface area contributed by atoms with Crippen LogP contribution in [0.5, 0.6) is 0 Å². The van der Waals surface area contributed by atoms with Gasteiger partial charge in [0, 0.05) is 11.4 Å². The molecule has 0 saturated heterocycles. The summed E-state index contributed by atoms with van der Waals surface area (Å²) in [5, 5.41) is 0.189. The molecule has 0 amide bonds. The first-order valence-corrected chi connectivity index (χ1v) is 11.9. The number of hydrogen-bond acceptors (Lipinski definition) is 3. The van der Waals surface area contributed by atoms with E-state index in [9.17, 15) is 4.55 Å². The Morgan fingerprint density at radius 3 is 1.76 bits per heavy atom. The van der Waals surface area contributed by atoms with Crippen LogP contribution in [0.3, 0.4) is 0 Å². The Bertz CT molecular complexity index is 334. The summed E-state index contributed by atoms with van der Waals surface area (Å²) < 4.78 is 21.9. The Morgan fingerprint density at radius 1 is 1.05 bits per heavy atom. The van der Waals surface area contributed by atoms with Crippen molar-refractivity contribution in [3.63, 3.8) is 0 Å². The zero-order valence-electron chi connectivity index (χ0n) is 16.0. The first kappa shape index (κ1) is 21.4. The van der Waals surface area contributed by atoms with Crippen molar-refractivity contribution in [3.8, 4) is 0 Å². The molecule has 0 spiro atoms. The molecule has 5 heteroatoms. The lowest BCUT2D eigenvalue weighted by atomic mass is 9.91. The van der Waals surface area contributed by atoms with Gasteiger partial charge < -0.3 is 8.98 Å². The molecule has 3 nitrogen and oxygen atoms in total. The molecule has 1 unspecified atom stereocenters. The van der Waals surface area contributed by atoms with E-state index in [0.717, 1.165) is 0 Å². The fraction of sp³-hybridized carbons (Fsp3) is 1.00. The molecule has 2 atom stereocenters. The van der Waals surface area contributed by atoms with Crippen LogP contribution in [0.2, 0.25) is 18.1 Å². The van der Waals surface area contributed by atoms with Crippen LogP contribution < -0.4 is 4.72 Å². The second kappa shape index (κ2) is 6.91. The van der Waals surface area contributed by atoms with E-state index >= 15 is 0 Å². The van der Waals surface area contributed by atoms with E-state index in [1.807, 2.05) is 20.8 Å². The van der Waals surface area contributed by atoms with Gasteiger partial charge in [0.2, 0.25) is 0 Å². The maximum absolute atomic E-state index is 12.5. The highest BCUT2D eigenvalue weighted by Gasteiger charge is 2.43. The fourth-order valence-corrected chi connectivity index (χ4v) is 3.34. The van der Waals surface area contributed by atoms with Gasteiger partial charge in [-0.2, -0.15) is 0 Å². The first-order valence-electron chi connectivity index (χ1n) is 7.86. The van der Waals surface area contributed by atoms with E-state index in [-0.39, 0.29) is 15.3 Å². The Hall–Kier alpha value is 0.447. The summed E-state index contributed by atoms with van der Waals surface area (Å²) in [7, 11) is -1.80. The largest absolute Gasteiger partial charge is 0.598 e. The molecular formula is C16H37NO2SSi. The van der Waals surface area contributed by atoms with Gasteiger partial charge in [0.1, 0.15) is 4.75 Å². The summed E-state index contributed by atoms with van der Waals surface area (Å²) in [6.07, 6.45) is 0. The SMILES string of the molecule is CC(C)[C@](C)(CO[Si](C)(C)C(C)(C)C)N[S+]([O-])C(C)(C)C. The predicted octanol–water partition coefficient (Wildman–Crippen LogP) is 4.47. The first-order chi connectivity index (χ1) is 9.03. The zero-order chi connectivity index (χ0) is 17.3. The molecule has 0 fully saturated rings. The minimum absolute atomic E-state index is 0.189. The quantitative estimate of drug-likeness (QED) is 0.575. The lowest BCUT2D eigenvalue weighted by molar-refractivity contribution is 0.158. The average Bonchev–Trinajstić information content (AvgIpc) is 2.23. The summed E-state index contributed by atoms with van der Waals surface area (Å²) in [5.74, 6) is 0.341. The van der Waals surface area contributed by atoms with Crippen LogP contribution in [-0.2, 0) is 15.8 Å². The summed E-state index contributed by atoms with van der Waals surface area (Å²) in [6, 6.07) is 0. The van der Waals surface area contributed by atoms with Crippen LogP contribution in [0, 0.1) is 5.92 Å². The van der Waals surface area contributed by atoms with E-state index < -0.39 is 19.7 Å². The molecule has 128 valence electrons. The number of rotatable bonds is 6. The van der Waals surface area contributed by atoms with Gasteiger partial charge >= 0.3 is 0 Å². The molecule has 0 aliphatic carbocycles. The van der Waals surface area contributed by atoms with Crippen molar-refractivity contribution in [1.29, 1.82) is 0 Å². The van der Waals surface area contributed by atoms with Crippen LogP contribution >= 0.6 is 0 Å². The fourth-order valence-electron chi connectivity index (χ4n) is 1.23.